The summed E-state index contributed by atoms with van der Waals surface area (Å²) in [5, 5.41) is 18.1. The minimum Gasteiger partial charge on any atom is -0.366 e. The van der Waals surface area contributed by atoms with E-state index in [1.807, 2.05) is 35.9 Å². The monoisotopic (exact) mass is 405 g/mol. The molecule has 0 aliphatic rings. The number of aryl methyl sites for hydroxylation is 1. The average Bonchev–Trinajstić information content (AvgIpc) is 3.38. The first-order chi connectivity index (χ1) is 14.0. The van der Waals surface area contributed by atoms with Gasteiger partial charge in [-0.3, -0.25) is 4.79 Å². The van der Waals surface area contributed by atoms with E-state index in [0.29, 0.717) is 11.3 Å². The van der Waals surface area contributed by atoms with Gasteiger partial charge in [-0.1, -0.05) is 36.0 Å². The molecule has 29 heavy (non-hydrogen) atoms. The van der Waals surface area contributed by atoms with Crippen molar-refractivity contribution in [2.24, 2.45) is 12.8 Å². The highest BCUT2D eigenvalue weighted by molar-refractivity contribution is 7.99. The number of primary amides is 1. The smallest absolute Gasteiger partial charge is 0.248 e. The van der Waals surface area contributed by atoms with Gasteiger partial charge in [0.15, 0.2) is 5.16 Å². The van der Waals surface area contributed by atoms with Crippen LogP contribution >= 0.6 is 11.8 Å². The summed E-state index contributed by atoms with van der Waals surface area (Å²) >= 11 is 1.64. The standard InChI is InChI=1S/C20H19N7OS/c1-13(29-20-24-22-12-26(20)2)16-4-3-5-17(10-16)27-23-11-18(25-27)14-6-8-15(9-7-14)19(21)28/h3-13H,1-2H3,(H2,21,28)/t13-/m0/s1. The minimum absolute atomic E-state index is 0.189. The Bertz CT molecular complexity index is 1150. The summed E-state index contributed by atoms with van der Waals surface area (Å²) in [6.07, 6.45) is 3.39. The van der Waals surface area contributed by atoms with Crippen LogP contribution in [0.2, 0.25) is 0 Å². The predicted molar refractivity (Wildman–Crippen MR) is 111 cm³/mol. The first-order valence-corrected chi connectivity index (χ1v) is 9.83. The van der Waals surface area contributed by atoms with E-state index in [4.69, 9.17) is 5.73 Å². The Kier molecular flexibility index (Phi) is 5.13. The summed E-state index contributed by atoms with van der Waals surface area (Å²) in [5.41, 5.74) is 9.34. The van der Waals surface area contributed by atoms with Crippen molar-refractivity contribution in [3.63, 3.8) is 0 Å². The molecule has 0 aliphatic carbocycles. The maximum Gasteiger partial charge on any atom is 0.248 e. The maximum absolute atomic E-state index is 11.2. The van der Waals surface area contributed by atoms with Gasteiger partial charge < -0.3 is 10.3 Å². The average molecular weight is 405 g/mol. The number of rotatable bonds is 6. The number of nitrogens with two attached hydrogens (primary N) is 1. The topological polar surface area (TPSA) is 105 Å². The predicted octanol–water partition coefficient (Wildman–Crippen LogP) is 3.01. The Morgan fingerprint density at radius 3 is 2.66 bits per heavy atom. The lowest BCUT2D eigenvalue weighted by molar-refractivity contribution is 0.100. The summed E-state index contributed by atoms with van der Waals surface area (Å²) in [6, 6.07) is 15.1. The van der Waals surface area contributed by atoms with Gasteiger partial charge in [0, 0.05) is 23.4 Å². The number of amides is 1. The molecule has 0 saturated heterocycles. The van der Waals surface area contributed by atoms with Crippen LogP contribution in [0.25, 0.3) is 16.9 Å². The highest BCUT2D eigenvalue weighted by atomic mass is 32.2. The van der Waals surface area contributed by atoms with Gasteiger partial charge in [-0.05, 0) is 36.8 Å². The lowest BCUT2D eigenvalue weighted by atomic mass is 10.1. The third kappa shape index (κ3) is 4.04. The van der Waals surface area contributed by atoms with Crippen LogP contribution in [0.5, 0.6) is 0 Å². The fourth-order valence-corrected chi connectivity index (χ4v) is 3.74. The van der Waals surface area contributed by atoms with Crippen LogP contribution in [-0.2, 0) is 7.05 Å². The molecule has 8 nitrogen and oxygen atoms in total. The maximum atomic E-state index is 11.2. The van der Waals surface area contributed by atoms with Crippen LogP contribution in [0.15, 0.2) is 66.2 Å². The van der Waals surface area contributed by atoms with Crippen LogP contribution < -0.4 is 5.73 Å². The van der Waals surface area contributed by atoms with Gasteiger partial charge in [0.1, 0.15) is 12.0 Å². The number of carbonyl (C=O) groups is 1. The quantitative estimate of drug-likeness (QED) is 0.495. The lowest BCUT2D eigenvalue weighted by Gasteiger charge is -2.12. The number of hydrogen-bond acceptors (Lipinski definition) is 6. The summed E-state index contributed by atoms with van der Waals surface area (Å²) < 4.78 is 1.90. The summed E-state index contributed by atoms with van der Waals surface area (Å²) in [7, 11) is 1.93. The van der Waals surface area contributed by atoms with E-state index in [1.54, 1.807) is 41.2 Å². The van der Waals surface area contributed by atoms with Crippen LogP contribution in [0.3, 0.4) is 0 Å². The van der Waals surface area contributed by atoms with E-state index in [0.717, 1.165) is 22.0 Å². The van der Waals surface area contributed by atoms with E-state index in [2.05, 4.69) is 39.5 Å². The Labute approximate surface area is 171 Å². The molecule has 4 aromatic rings. The highest BCUT2D eigenvalue weighted by Crippen LogP contribution is 2.33. The van der Waals surface area contributed by atoms with Crippen LogP contribution in [0.4, 0.5) is 0 Å². The Morgan fingerprint density at radius 2 is 1.97 bits per heavy atom. The summed E-state index contributed by atoms with van der Waals surface area (Å²) in [5.74, 6) is -0.453. The zero-order valence-electron chi connectivity index (χ0n) is 15.9. The molecule has 0 fully saturated rings. The van der Waals surface area contributed by atoms with Crippen molar-refractivity contribution < 1.29 is 4.79 Å². The first-order valence-electron chi connectivity index (χ1n) is 8.95. The molecule has 2 heterocycles. The molecule has 0 unspecified atom stereocenters. The normalized spacial score (nSPS) is 12.1. The number of nitrogens with zero attached hydrogens (tertiary/aromatic N) is 6. The molecule has 0 spiro atoms. The molecule has 4 rings (SSSR count). The Hall–Kier alpha value is -3.46. The second-order valence-electron chi connectivity index (χ2n) is 6.54. The van der Waals surface area contributed by atoms with Crippen molar-refractivity contribution in [2.75, 3.05) is 0 Å². The van der Waals surface area contributed by atoms with Gasteiger partial charge in [0.05, 0.1) is 11.9 Å². The van der Waals surface area contributed by atoms with E-state index in [-0.39, 0.29) is 5.25 Å². The zero-order valence-corrected chi connectivity index (χ0v) is 16.7. The molecule has 0 bridgehead atoms. The second kappa shape index (κ2) is 7.88. The SMILES string of the molecule is C[C@H](Sc1nncn1C)c1cccc(-n2ncc(-c3ccc(C(N)=O)cc3)n2)c1. The zero-order chi connectivity index (χ0) is 20.4. The highest BCUT2D eigenvalue weighted by Gasteiger charge is 2.13. The number of hydrogen-bond donors (Lipinski definition) is 1. The van der Waals surface area contributed by atoms with Crippen LogP contribution in [0.1, 0.15) is 28.1 Å². The molecule has 2 aromatic carbocycles. The second-order valence-corrected chi connectivity index (χ2v) is 7.85. The van der Waals surface area contributed by atoms with E-state index >= 15 is 0 Å². The number of benzene rings is 2. The van der Waals surface area contributed by atoms with Crippen molar-refractivity contribution >= 4 is 17.7 Å². The minimum atomic E-state index is -0.453. The molecule has 9 heteroatoms. The largest absolute Gasteiger partial charge is 0.366 e. The van der Waals surface area contributed by atoms with Gasteiger partial charge in [-0.15, -0.1) is 15.3 Å². The third-order valence-corrected chi connectivity index (χ3v) is 5.69. The molecule has 0 radical (unpaired) electrons. The Morgan fingerprint density at radius 1 is 1.17 bits per heavy atom. The van der Waals surface area contributed by atoms with E-state index in [9.17, 15) is 4.79 Å². The third-order valence-electron chi connectivity index (χ3n) is 4.48. The summed E-state index contributed by atoms with van der Waals surface area (Å²) in [6.45, 7) is 2.13. The van der Waals surface area contributed by atoms with Gasteiger partial charge in [-0.25, -0.2) is 0 Å². The molecule has 1 amide bonds. The molecule has 0 aliphatic heterocycles. The molecule has 0 saturated carbocycles. The fourth-order valence-electron chi connectivity index (χ4n) is 2.83. The number of thioether (sulfide) groups is 1. The van der Waals surface area contributed by atoms with E-state index < -0.39 is 5.91 Å². The summed E-state index contributed by atoms with van der Waals surface area (Å²) in [4.78, 5) is 12.8. The van der Waals surface area contributed by atoms with Crippen molar-refractivity contribution in [3.05, 3.63) is 72.2 Å². The van der Waals surface area contributed by atoms with Gasteiger partial charge in [0.25, 0.3) is 0 Å². The van der Waals surface area contributed by atoms with Crippen molar-refractivity contribution in [1.29, 1.82) is 0 Å². The van der Waals surface area contributed by atoms with Crippen LogP contribution in [0, 0.1) is 0 Å². The molecular formula is C20H19N7OS. The Balaban J connectivity index is 1.56. The molecular weight excluding hydrogens is 386 g/mol. The van der Waals surface area contributed by atoms with Crippen molar-refractivity contribution in [2.45, 2.75) is 17.3 Å². The van der Waals surface area contributed by atoms with Crippen molar-refractivity contribution in [3.8, 4) is 16.9 Å². The number of aromatic nitrogens is 6. The first kappa shape index (κ1) is 18.9. The molecule has 146 valence electrons. The van der Waals surface area contributed by atoms with Gasteiger partial charge in [-0.2, -0.15) is 9.90 Å². The van der Waals surface area contributed by atoms with Crippen molar-refractivity contribution in [1.82, 2.24) is 29.8 Å². The molecule has 1 atom stereocenters. The molecule has 2 aromatic heterocycles. The molecule has 2 N–H and O–H groups in total. The van der Waals surface area contributed by atoms with Gasteiger partial charge in [0.2, 0.25) is 5.91 Å². The number of carbonyl (C=O) groups excluding carboxylic acids is 1. The fraction of sp³-hybridized carbons (Fsp3) is 0.150. The van der Waals surface area contributed by atoms with Gasteiger partial charge >= 0.3 is 0 Å². The van der Waals surface area contributed by atoms with E-state index in [1.165, 1.54) is 0 Å². The van der Waals surface area contributed by atoms with Crippen LogP contribution in [-0.4, -0.2) is 35.7 Å². The lowest BCUT2D eigenvalue weighted by Crippen LogP contribution is -2.10.